The van der Waals surface area contributed by atoms with Crippen molar-refractivity contribution in [3.8, 4) is 16.9 Å². The molecule has 1 aromatic heterocycles. The van der Waals surface area contributed by atoms with Crippen LogP contribution in [0, 0.1) is 0 Å². The predicted octanol–water partition coefficient (Wildman–Crippen LogP) is 4.93. The Labute approximate surface area is 165 Å². The molecule has 0 spiro atoms. The number of pyridine rings is 1. The highest BCUT2D eigenvalue weighted by molar-refractivity contribution is 5.99. The summed E-state index contributed by atoms with van der Waals surface area (Å²) in [4.78, 5) is 15.8. The summed E-state index contributed by atoms with van der Waals surface area (Å²) in [6, 6.07) is 13.8. The topological polar surface area (TPSA) is 51.2 Å². The molecule has 1 N–H and O–H groups in total. The number of fused-ring (bicyclic) bond motifs is 1. The molecular formula is C22H17F3N2O2. The van der Waals surface area contributed by atoms with E-state index in [1.807, 2.05) is 24.3 Å². The normalized spacial score (nSPS) is 13.1. The van der Waals surface area contributed by atoms with Gasteiger partial charge in [0.25, 0.3) is 0 Å². The van der Waals surface area contributed by atoms with Crippen LogP contribution < -0.4 is 10.1 Å². The number of aryl methyl sites for hydroxylation is 2. The van der Waals surface area contributed by atoms with Crippen molar-refractivity contribution in [1.29, 1.82) is 0 Å². The molecule has 0 fully saturated rings. The highest BCUT2D eigenvalue weighted by Gasteiger charge is 2.31. The van der Waals surface area contributed by atoms with E-state index < -0.39 is 6.36 Å². The predicted molar refractivity (Wildman–Crippen MR) is 103 cm³/mol. The molecule has 148 valence electrons. The Kier molecular flexibility index (Phi) is 4.96. The molecule has 0 bridgehead atoms. The fourth-order valence-electron chi connectivity index (χ4n) is 3.36. The van der Waals surface area contributed by atoms with Gasteiger partial charge in [0.2, 0.25) is 5.91 Å². The van der Waals surface area contributed by atoms with Crippen LogP contribution in [0.3, 0.4) is 0 Å². The third kappa shape index (κ3) is 4.74. The molecule has 0 radical (unpaired) electrons. The van der Waals surface area contributed by atoms with E-state index in [1.165, 1.54) is 12.1 Å². The number of anilines is 1. The van der Waals surface area contributed by atoms with E-state index in [1.54, 1.807) is 24.5 Å². The summed E-state index contributed by atoms with van der Waals surface area (Å²) >= 11 is 0. The third-order valence-corrected chi connectivity index (χ3v) is 4.70. The number of nitrogens with zero attached hydrogens (tertiary/aromatic N) is 1. The van der Waals surface area contributed by atoms with Crippen LogP contribution in [0.4, 0.5) is 18.9 Å². The molecule has 0 unspecified atom stereocenters. The molecule has 1 aliphatic heterocycles. The van der Waals surface area contributed by atoms with E-state index in [-0.39, 0.29) is 11.7 Å². The van der Waals surface area contributed by atoms with Gasteiger partial charge in [-0.25, -0.2) is 0 Å². The molecule has 0 aliphatic carbocycles. The summed E-state index contributed by atoms with van der Waals surface area (Å²) < 4.78 is 41.1. The van der Waals surface area contributed by atoms with Crippen molar-refractivity contribution in [2.75, 3.05) is 5.32 Å². The highest BCUT2D eigenvalue weighted by Crippen LogP contribution is 2.30. The van der Waals surface area contributed by atoms with Crippen molar-refractivity contribution < 1.29 is 22.7 Å². The largest absolute Gasteiger partial charge is 0.573 e. The summed E-state index contributed by atoms with van der Waals surface area (Å²) in [7, 11) is 0. The van der Waals surface area contributed by atoms with E-state index in [2.05, 4.69) is 15.0 Å². The first-order valence-corrected chi connectivity index (χ1v) is 9.07. The molecule has 2 aromatic carbocycles. The van der Waals surface area contributed by atoms with Gasteiger partial charge in [-0.1, -0.05) is 24.3 Å². The Balaban J connectivity index is 1.47. The molecule has 29 heavy (non-hydrogen) atoms. The van der Waals surface area contributed by atoms with E-state index in [0.29, 0.717) is 19.3 Å². The Morgan fingerprint density at radius 3 is 2.62 bits per heavy atom. The number of rotatable bonds is 5. The number of carbonyl (C=O) groups is 1. The van der Waals surface area contributed by atoms with Crippen molar-refractivity contribution >= 4 is 11.6 Å². The number of aromatic nitrogens is 1. The SMILES string of the molecule is O=C1Cc2ccc(-c3cncc(CCc4cccc(OC(F)(F)F)c4)c3)cc2N1. The van der Waals surface area contributed by atoms with Crippen LogP contribution in [-0.4, -0.2) is 17.3 Å². The van der Waals surface area contributed by atoms with Gasteiger partial charge in [0.1, 0.15) is 5.75 Å². The van der Waals surface area contributed by atoms with E-state index >= 15 is 0 Å². The Morgan fingerprint density at radius 1 is 0.966 bits per heavy atom. The lowest BCUT2D eigenvalue weighted by Crippen LogP contribution is -2.17. The number of hydrogen-bond acceptors (Lipinski definition) is 3. The number of ether oxygens (including phenoxy) is 1. The Bertz CT molecular complexity index is 1060. The number of benzene rings is 2. The average molecular weight is 398 g/mol. The van der Waals surface area contributed by atoms with Gasteiger partial charge in [0, 0.05) is 23.6 Å². The molecule has 4 nitrogen and oxygen atoms in total. The highest BCUT2D eigenvalue weighted by atomic mass is 19.4. The summed E-state index contributed by atoms with van der Waals surface area (Å²) in [6.45, 7) is 0. The van der Waals surface area contributed by atoms with Crippen molar-refractivity contribution in [1.82, 2.24) is 4.98 Å². The summed E-state index contributed by atoms with van der Waals surface area (Å²) in [5.41, 5.74) is 5.37. The second-order valence-corrected chi connectivity index (χ2v) is 6.87. The van der Waals surface area contributed by atoms with Gasteiger partial charge >= 0.3 is 6.36 Å². The Hall–Kier alpha value is -3.35. The zero-order valence-electron chi connectivity index (χ0n) is 15.3. The van der Waals surface area contributed by atoms with Crippen molar-refractivity contribution in [2.45, 2.75) is 25.6 Å². The van der Waals surface area contributed by atoms with Gasteiger partial charge in [0.05, 0.1) is 6.42 Å². The zero-order chi connectivity index (χ0) is 20.4. The van der Waals surface area contributed by atoms with E-state index in [9.17, 15) is 18.0 Å². The molecule has 0 saturated heterocycles. The minimum Gasteiger partial charge on any atom is -0.406 e. The smallest absolute Gasteiger partial charge is 0.406 e. The van der Waals surface area contributed by atoms with Crippen LogP contribution in [0.15, 0.2) is 60.9 Å². The van der Waals surface area contributed by atoms with Crippen LogP contribution >= 0.6 is 0 Å². The number of hydrogen-bond donors (Lipinski definition) is 1. The number of carbonyl (C=O) groups excluding carboxylic acids is 1. The lowest BCUT2D eigenvalue weighted by Gasteiger charge is -2.10. The first kappa shape index (κ1) is 19.0. The number of alkyl halides is 3. The van der Waals surface area contributed by atoms with Crippen LogP contribution in [0.1, 0.15) is 16.7 Å². The summed E-state index contributed by atoms with van der Waals surface area (Å²) in [6.07, 6.45) is 0.365. The molecular weight excluding hydrogens is 381 g/mol. The fraction of sp³-hybridized carbons (Fsp3) is 0.182. The maximum Gasteiger partial charge on any atom is 0.573 e. The van der Waals surface area contributed by atoms with Gasteiger partial charge < -0.3 is 10.1 Å². The van der Waals surface area contributed by atoms with Crippen molar-refractivity contribution in [2.24, 2.45) is 0 Å². The molecule has 0 atom stereocenters. The summed E-state index contributed by atoms with van der Waals surface area (Å²) in [5, 5.41) is 2.84. The molecule has 1 amide bonds. The van der Waals surface area contributed by atoms with Crippen LogP contribution in [0.5, 0.6) is 5.75 Å². The average Bonchev–Trinajstić information content (AvgIpc) is 3.05. The molecule has 2 heterocycles. The van der Waals surface area contributed by atoms with Crippen molar-refractivity contribution in [3.05, 3.63) is 77.6 Å². The first-order valence-electron chi connectivity index (χ1n) is 9.07. The zero-order valence-corrected chi connectivity index (χ0v) is 15.3. The van der Waals surface area contributed by atoms with Crippen LogP contribution in [-0.2, 0) is 24.1 Å². The third-order valence-electron chi connectivity index (χ3n) is 4.70. The van der Waals surface area contributed by atoms with E-state index in [0.717, 1.165) is 33.5 Å². The van der Waals surface area contributed by atoms with Gasteiger partial charge in [-0.15, -0.1) is 13.2 Å². The number of halogens is 3. The lowest BCUT2D eigenvalue weighted by molar-refractivity contribution is -0.274. The quantitative estimate of drug-likeness (QED) is 0.663. The fourth-order valence-corrected chi connectivity index (χ4v) is 3.36. The summed E-state index contributed by atoms with van der Waals surface area (Å²) in [5.74, 6) is -0.233. The van der Waals surface area contributed by atoms with Gasteiger partial charge in [-0.2, -0.15) is 0 Å². The molecule has 0 saturated carbocycles. The molecule has 4 rings (SSSR count). The van der Waals surface area contributed by atoms with Gasteiger partial charge in [-0.05, 0) is 59.4 Å². The second kappa shape index (κ2) is 7.58. The number of nitrogens with one attached hydrogen (secondary N) is 1. The first-order chi connectivity index (χ1) is 13.9. The standard InChI is InChI=1S/C22H17F3N2O2/c23-22(24,25)29-19-3-1-2-14(9-19)4-5-15-8-18(13-26-12-15)16-6-7-17-11-21(28)27-20(17)10-16/h1-3,6-10,12-13H,4-5,11H2,(H,27,28). The molecule has 3 aromatic rings. The molecule has 7 heteroatoms. The van der Waals surface area contributed by atoms with Crippen LogP contribution in [0.25, 0.3) is 11.1 Å². The minimum atomic E-state index is -4.70. The minimum absolute atomic E-state index is 0.0132. The maximum absolute atomic E-state index is 12.4. The van der Waals surface area contributed by atoms with Gasteiger partial charge in [-0.3, -0.25) is 9.78 Å². The van der Waals surface area contributed by atoms with E-state index in [4.69, 9.17) is 0 Å². The van der Waals surface area contributed by atoms with Crippen LogP contribution in [0.2, 0.25) is 0 Å². The second-order valence-electron chi connectivity index (χ2n) is 6.87. The van der Waals surface area contributed by atoms with Crippen molar-refractivity contribution in [3.63, 3.8) is 0 Å². The lowest BCUT2D eigenvalue weighted by atomic mass is 10.0. The monoisotopic (exact) mass is 398 g/mol. The molecule has 1 aliphatic rings. The Morgan fingerprint density at radius 2 is 1.79 bits per heavy atom. The maximum atomic E-state index is 12.4. The number of amides is 1. The van der Waals surface area contributed by atoms with Gasteiger partial charge in [0.15, 0.2) is 0 Å².